The molecule has 1 amide bonds. The summed E-state index contributed by atoms with van der Waals surface area (Å²) in [6.45, 7) is 2.20. The van der Waals surface area contributed by atoms with Crippen molar-refractivity contribution < 1.29 is 23.5 Å². The van der Waals surface area contributed by atoms with Gasteiger partial charge in [-0.15, -0.1) is 11.6 Å². The lowest BCUT2D eigenvalue weighted by molar-refractivity contribution is -0.142. The predicted molar refractivity (Wildman–Crippen MR) is 122 cm³/mol. The average Bonchev–Trinajstić information content (AvgIpc) is 2.75. The van der Waals surface area contributed by atoms with Crippen molar-refractivity contribution in [3.8, 4) is 0 Å². The first-order valence-corrected chi connectivity index (χ1v) is 10.8. The van der Waals surface area contributed by atoms with Crippen molar-refractivity contribution >= 4 is 40.8 Å². The van der Waals surface area contributed by atoms with E-state index in [-0.39, 0.29) is 30.7 Å². The number of halogens is 3. The first kappa shape index (κ1) is 23.8. The molecule has 0 spiro atoms. The molecule has 2 aromatic carbocycles. The van der Waals surface area contributed by atoms with Gasteiger partial charge in [0.2, 0.25) is 5.91 Å². The SMILES string of the molecule is CCOC(=O)Cc1ccc(NC(=O)C2C=C(OCc3cccc(F)c3)C=CC2Cl)c(Cl)c1. The zero-order valence-electron chi connectivity index (χ0n) is 17.3. The summed E-state index contributed by atoms with van der Waals surface area (Å²) < 4.78 is 23.9. The molecule has 3 rings (SSSR count). The summed E-state index contributed by atoms with van der Waals surface area (Å²) in [6, 6.07) is 11.0. The molecule has 2 unspecified atom stereocenters. The largest absolute Gasteiger partial charge is 0.489 e. The van der Waals surface area contributed by atoms with Gasteiger partial charge in [0.1, 0.15) is 18.2 Å². The fourth-order valence-corrected chi connectivity index (χ4v) is 3.62. The Balaban J connectivity index is 1.64. The van der Waals surface area contributed by atoms with E-state index < -0.39 is 11.3 Å². The van der Waals surface area contributed by atoms with Crippen molar-refractivity contribution in [1.29, 1.82) is 0 Å². The minimum Gasteiger partial charge on any atom is -0.489 e. The van der Waals surface area contributed by atoms with Crippen molar-refractivity contribution in [2.75, 3.05) is 11.9 Å². The fourth-order valence-electron chi connectivity index (χ4n) is 3.11. The fraction of sp³-hybridized carbons (Fsp3) is 0.250. The second kappa shape index (κ2) is 11.2. The van der Waals surface area contributed by atoms with E-state index in [9.17, 15) is 14.0 Å². The van der Waals surface area contributed by atoms with E-state index in [4.69, 9.17) is 32.7 Å². The molecule has 32 heavy (non-hydrogen) atoms. The number of carbonyl (C=O) groups excluding carboxylic acids is 2. The molecule has 1 N–H and O–H groups in total. The molecule has 0 heterocycles. The quantitative estimate of drug-likeness (QED) is 0.407. The van der Waals surface area contributed by atoms with Crippen LogP contribution in [0.5, 0.6) is 0 Å². The number of nitrogens with one attached hydrogen (secondary N) is 1. The molecule has 2 aromatic rings. The van der Waals surface area contributed by atoms with Crippen LogP contribution in [0.3, 0.4) is 0 Å². The summed E-state index contributed by atoms with van der Waals surface area (Å²) in [6.07, 6.45) is 5.05. The van der Waals surface area contributed by atoms with Gasteiger partial charge >= 0.3 is 5.97 Å². The van der Waals surface area contributed by atoms with Crippen LogP contribution < -0.4 is 5.32 Å². The lowest BCUT2D eigenvalue weighted by Gasteiger charge is -2.21. The number of allylic oxidation sites excluding steroid dienone is 2. The zero-order chi connectivity index (χ0) is 23.1. The second-order valence-electron chi connectivity index (χ2n) is 7.10. The summed E-state index contributed by atoms with van der Waals surface area (Å²) in [7, 11) is 0. The van der Waals surface area contributed by atoms with Crippen LogP contribution in [-0.4, -0.2) is 23.9 Å². The van der Waals surface area contributed by atoms with Crippen LogP contribution in [0.4, 0.5) is 10.1 Å². The maximum Gasteiger partial charge on any atom is 0.310 e. The minimum absolute atomic E-state index is 0.0910. The molecule has 1 aliphatic rings. The Morgan fingerprint density at radius 2 is 1.97 bits per heavy atom. The van der Waals surface area contributed by atoms with Gasteiger partial charge in [-0.1, -0.05) is 35.9 Å². The van der Waals surface area contributed by atoms with Crippen molar-refractivity contribution in [3.63, 3.8) is 0 Å². The Morgan fingerprint density at radius 3 is 2.69 bits per heavy atom. The standard InChI is InChI=1S/C24H22Cl2FNO4/c1-2-31-23(29)12-15-6-9-22(21(26)11-15)28-24(30)19-13-18(7-8-20(19)25)32-14-16-4-3-5-17(27)10-16/h3-11,13,19-20H,2,12,14H2,1H3,(H,28,30). The van der Waals surface area contributed by atoms with Gasteiger partial charge in [-0.3, -0.25) is 9.59 Å². The summed E-state index contributed by atoms with van der Waals surface area (Å²) in [5.41, 5.74) is 1.75. The molecule has 5 nitrogen and oxygen atoms in total. The Kier molecular flexibility index (Phi) is 8.31. The molecule has 0 aromatic heterocycles. The van der Waals surface area contributed by atoms with Gasteiger partial charge in [-0.2, -0.15) is 0 Å². The molecule has 0 radical (unpaired) electrons. The van der Waals surface area contributed by atoms with Crippen LogP contribution >= 0.6 is 23.2 Å². The normalized spacial score (nSPS) is 17.4. The minimum atomic E-state index is -0.695. The molecule has 0 aliphatic heterocycles. The highest BCUT2D eigenvalue weighted by molar-refractivity contribution is 6.34. The van der Waals surface area contributed by atoms with E-state index in [0.29, 0.717) is 34.2 Å². The first-order chi connectivity index (χ1) is 15.4. The van der Waals surface area contributed by atoms with Gasteiger partial charge in [0.25, 0.3) is 0 Å². The Bertz CT molecular complexity index is 1050. The van der Waals surface area contributed by atoms with Crippen LogP contribution in [-0.2, 0) is 32.1 Å². The highest BCUT2D eigenvalue weighted by atomic mass is 35.5. The third-order valence-electron chi connectivity index (χ3n) is 4.67. The number of amides is 1. The third-order valence-corrected chi connectivity index (χ3v) is 5.40. The van der Waals surface area contributed by atoms with E-state index in [2.05, 4.69) is 5.32 Å². The van der Waals surface area contributed by atoms with Crippen molar-refractivity contribution in [1.82, 2.24) is 0 Å². The lowest BCUT2D eigenvalue weighted by Crippen LogP contribution is -2.29. The van der Waals surface area contributed by atoms with Gasteiger partial charge in [0, 0.05) is 0 Å². The van der Waals surface area contributed by atoms with Gasteiger partial charge in [-0.05, 0) is 54.5 Å². The zero-order valence-corrected chi connectivity index (χ0v) is 18.8. The number of hydrogen-bond donors (Lipinski definition) is 1. The molecule has 2 atom stereocenters. The van der Waals surface area contributed by atoms with Crippen molar-refractivity contribution in [2.24, 2.45) is 5.92 Å². The molecule has 168 valence electrons. The summed E-state index contributed by atoms with van der Waals surface area (Å²) >= 11 is 12.6. The van der Waals surface area contributed by atoms with Gasteiger partial charge in [-0.25, -0.2) is 4.39 Å². The predicted octanol–water partition coefficient (Wildman–Crippen LogP) is 5.42. The highest BCUT2D eigenvalue weighted by Gasteiger charge is 2.27. The smallest absolute Gasteiger partial charge is 0.310 e. The molecule has 0 saturated carbocycles. The van der Waals surface area contributed by atoms with E-state index in [1.807, 2.05) is 0 Å². The van der Waals surface area contributed by atoms with Crippen LogP contribution in [0.25, 0.3) is 0 Å². The third kappa shape index (κ3) is 6.58. The molecule has 0 bridgehead atoms. The number of anilines is 1. The molecule has 0 fully saturated rings. The highest BCUT2D eigenvalue weighted by Crippen LogP contribution is 2.28. The average molecular weight is 478 g/mol. The van der Waals surface area contributed by atoms with Gasteiger partial charge < -0.3 is 14.8 Å². The number of alkyl halides is 1. The van der Waals surface area contributed by atoms with Crippen molar-refractivity contribution in [2.45, 2.75) is 25.3 Å². The lowest BCUT2D eigenvalue weighted by atomic mass is 9.98. The molecule has 8 heteroatoms. The monoisotopic (exact) mass is 477 g/mol. The Labute approximate surface area is 195 Å². The van der Waals surface area contributed by atoms with Crippen molar-refractivity contribution in [3.05, 3.63) is 88.4 Å². The molecular weight excluding hydrogens is 456 g/mol. The Hall–Kier alpha value is -2.83. The van der Waals surface area contributed by atoms with Crippen LogP contribution in [0.15, 0.2) is 66.5 Å². The summed E-state index contributed by atoms with van der Waals surface area (Å²) in [5, 5.41) is 2.49. The van der Waals surface area contributed by atoms with Crippen LogP contribution in [0.1, 0.15) is 18.1 Å². The molecular formula is C24H22Cl2FNO4. The van der Waals surface area contributed by atoms with Crippen LogP contribution in [0, 0.1) is 11.7 Å². The Morgan fingerprint density at radius 1 is 1.16 bits per heavy atom. The summed E-state index contributed by atoms with van der Waals surface area (Å²) in [5.74, 6) is -1.29. The van der Waals surface area contributed by atoms with Gasteiger partial charge in [0.05, 0.1) is 35.0 Å². The van der Waals surface area contributed by atoms with E-state index in [0.717, 1.165) is 0 Å². The van der Waals surface area contributed by atoms with Gasteiger partial charge in [0.15, 0.2) is 0 Å². The molecule has 1 aliphatic carbocycles. The first-order valence-electron chi connectivity index (χ1n) is 10.0. The number of rotatable bonds is 8. The number of carbonyl (C=O) groups is 2. The number of benzene rings is 2. The topological polar surface area (TPSA) is 64.6 Å². The van der Waals surface area contributed by atoms with E-state index in [1.54, 1.807) is 55.5 Å². The number of esters is 1. The maximum absolute atomic E-state index is 13.3. The molecule has 0 saturated heterocycles. The van der Waals surface area contributed by atoms with E-state index >= 15 is 0 Å². The maximum atomic E-state index is 13.3. The second-order valence-corrected chi connectivity index (χ2v) is 8.01. The number of hydrogen-bond acceptors (Lipinski definition) is 4. The summed E-state index contributed by atoms with van der Waals surface area (Å²) in [4.78, 5) is 24.5. The van der Waals surface area contributed by atoms with Crippen LogP contribution in [0.2, 0.25) is 5.02 Å². The number of ether oxygens (including phenoxy) is 2. The van der Waals surface area contributed by atoms with E-state index in [1.165, 1.54) is 12.1 Å².